The van der Waals surface area contributed by atoms with Crippen LogP contribution in [0.25, 0.3) is 16.0 Å². The molecular weight excluding hydrogens is 504 g/mol. The lowest BCUT2D eigenvalue weighted by molar-refractivity contribution is -0.132. The van der Waals surface area contributed by atoms with E-state index in [1.165, 1.54) is 23.3 Å². The highest BCUT2D eigenvalue weighted by Gasteiger charge is 2.48. The zero-order chi connectivity index (χ0) is 27.0. The summed E-state index contributed by atoms with van der Waals surface area (Å²) in [5, 5.41) is 11.6. The van der Waals surface area contributed by atoms with E-state index in [0.29, 0.717) is 39.7 Å². The number of benzene rings is 3. The second kappa shape index (κ2) is 10.1. The van der Waals surface area contributed by atoms with E-state index in [-0.39, 0.29) is 11.3 Å². The van der Waals surface area contributed by atoms with Crippen LogP contribution in [0.3, 0.4) is 0 Å². The number of hydrogen-bond donors (Lipinski definition) is 1. The van der Waals surface area contributed by atoms with E-state index in [4.69, 9.17) is 9.47 Å². The fourth-order valence-corrected chi connectivity index (χ4v) is 5.40. The first-order valence-electron chi connectivity index (χ1n) is 11.9. The minimum Gasteiger partial charge on any atom is -0.507 e. The van der Waals surface area contributed by atoms with Crippen LogP contribution in [0.4, 0.5) is 5.13 Å². The number of methoxy groups -OCH3 is 1. The Labute approximate surface area is 222 Å². The van der Waals surface area contributed by atoms with Crippen LogP contribution in [-0.2, 0) is 14.3 Å². The molecule has 1 aliphatic heterocycles. The topological polar surface area (TPSA) is 106 Å². The Morgan fingerprint density at radius 2 is 1.71 bits per heavy atom. The van der Waals surface area contributed by atoms with Gasteiger partial charge in [0.15, 0.2) is 5.13 Å². The maximum Gasteiger partial charge on any atom is 0.337 e. The molecule has 1 amide bonds. The Kier molecular flexibility index (Phi) is 6.69. The van der Waals surface area contributed by atoms with Crippen molar-refractivity contribution in [3.05, 3.63) is 94.6 Å². The molecule has 9 heteroatoms. The van der Waals surface area contributed by atoms with E-state index in [2.05, 4.69) is 4.98 Å². The number of aliphatic hydroxyl groups excluding tert-OH is 1. The van der Waals surface area contributed by atoms with Gasteiger partial charge in [0.2, 0.25) is 0 Å². The van der Waals surface area contributed by atoms with Gasteiger partial charge < -0.3 is 14.6 Å². The Bertz CT molecular complexity index is 1590. The van der Waals surface area contributed by atoms with Gasteiger partial charge in [-0.05, 0) is 49.7 Å². The van der Waals surface area contributed by atoms with Gasteiger partial charge in [-0.2, -0.15) is 0 Å². The minimum atomic E-state index is -0.963. The molecule has 192 valence electrons. The molecule has 0 saturated carbocycles. The molecule has 1 N–H and O–H groups in total. The maximum atomic E-state index is 13.5. The summed E-state index contributed by atoms with van der Waals surface area (Å²) < 4.78 is 11.2. The first-order chi connectivity index (χ1) is 18.3. The molecule has 0 unspecified atom stereocenters. The smallest absolute Gasteiger partial charge is 0.337 e. The van der Waals surface area contributed by atoms with Gasteiger partial charge in [-0.25, -0.2) is 9.78 Å². The van der Waals surface area contributed by atoms with Crippen LogP contribution in [0, 0.1) is 6.92 Å². The number of amides is 1. The molecule has 1 fully saturated rings. The molecule has 3 aromatic carbocycles. The first kappa shape index (κ1) is 25.2. The van der Waals surface area contributed by atoms with Gasteiger partial charge in [0.25, 0.3) is 5.78 Å². The molecule has 1 aromatic heterocycles. The molecule has 0 bridgehead atoms. The fourth-order valence-electron chi connectivity index (χ4n) is 4.38. The second-order valence-electron chi connectivity index (χ2n) is 8.71. The second-order valence-corrected chi connectivity index (χ2v) is 9.72. The normalized spacial score (nSPS) is 16.7. The Morgan fingerprint density at radius 1 is 1.03 bits per heavy atom. The van der Waals surface area contributed by atoms with E-state index in [0.717, 1.165) is 10.3 Å². The van der Waals surface area contributed by atoms with Gasteiger partial charge in [-0.15, -0.1) is 0 Å². The van der Waals surface area contributed by atoms with Gasteiger partial charge in [0.1, 0.15) is 11.5 Å². The van der Waals surface area contributed by atoms with Crippen molar-refractivity contribution >= 4 is 50.1 Å². The number of hydrogen-bond acceptors (Lipinski definition) is 8. The van der Waals surface area contributed by atoms with Crippen LogP contribution in [0.2, 0.25) is 0 Å². The molecule has 1 aliphatic rings. The molecule has 8 nitrogen and oxygen atoms in total. The summed E-state index contributed by atoms with van der Waals surface area (Å²) in [7, 11) is 1.29. The fraction of sp³-hybridized carbons (Fsp3) is 0.172. The minimum absolute atomic E-state index is 0.0565. The van der Waals surface area contributed by atoms with Gasteiger partial charge >= 0.3 is 11.9 Å². The first-order valence-corrected chi connectivity index (χ1v) is 12.7. The summed E-state index contributed by atoms with van der Waals surface area (Å²) in [4.78, 5) is 44.8. The average Bonchev–Trinajstić information content (AvgIpc) is 3.46. The molecule has 2 heterocycles. The van der Waals surface area contributed by atoms with E-state index in [1.807, 2.05) is 32.0 Å². The highest BCUT2D eigenvalue weighted by atomic mass is 32.1. The van der Waals surface area contributed by atoms with Gasteiger partial charge in [0, 0.05) is 5.56 Å². The molecule has 5 rings (SSSR count). The third kappa shape index (κ3) is 4.41. The van der Waals surface area contributed by atoms with Gasteiger partial charge in [-0.3, -0.25) is 14.5 Å². The summed E-state index contributed by atoms with van der Waals surface area (Å²) in [5.41, 5.74) is 2.83. The van der Waals surface area contributed by atoms with Crippen molar-refractivity contribution in [1.29, 1.82) is 0 Å². The number of ketones is 1. The Morgan fingerprint density at radius 3 is 2.37 bits per heavy atom. The molecule has 1 saturated heterocycles. The summed E-state index contributed by atoms with van der Waals surface area (Å²) in [6, 6.07) is 17.9. The number of aliphatic hydroxyl groups is 1. The number of thiazole rings is 1. The number of nitrogens with zero attached hydrogens (tertiary/aromatic N) is 2. The summed E-state index contributed by atoms with van der Waals surface area (Å²) in [6.45, 7) is 4.31. The number of fused-ring (bicyclic) bond motifs is 1. The zero-order valence-corrected chi connectivity index (χ0v) is 21.7. The van der Waals surface area contributed by atoms with Crippen LogP contribution < -0.4 is 9.64 Å². The van der Waals surface area contributed by atoms with Crippen LogP contribution in [0.5, 0.6) is 5.75 Å². The maximum absolute atomic E-state index is 13.5. The zero-order valence-electron chi connectivity index (χ0n) is 20.9. The number of ether oxygens (including phenoxy) is 2. The van der Waals surface area contributed by atoms with Crippen LogP contribution >= 0.6 is 11.3 Å². The quantitative estimate of drug-likeness (QED) is 0.154. The highest BCUT2D eigenvalue weighted by molar-refractivity contribution is 7.22. The van der Waals surface area contributed by atoms with E-state index >= 15 is 0 Å². The Hall–Kier alpha value is -4.50. The number of aromatic nitrogens is 1. The van der Waals surface area contributed by atoms with E-state index < -0.39 is 23.7 Å². The molecule has 1 atom stereocenters. The van der Waals surface area contributed by atoms with Crippen LogP contribution in [0.15, 0.2) is 72.3 Å². The van der Waals surface area contributed by atoms with Gasteiger partial charge in [0.05, 0.1) is 41.1 Å². The largest absolute Gasteiger partial charge is 0.507 e. The summed E-state index contributed by atoms with van der Waals surface area (Å²) in [6.07, 6.45) is 0. The predicted molar refractivity (Wildman–Crippen MR) is 145 cm³/mol. The number of anilines is 1. The number of esters is 1. The van der Waals surface area contributed by atoms with E-state index in [9.17, 15) is 19.5 Å². The molecule has 0 radical (unpaired) electrons. The van der Waals surface area contributed by atoms with Crippen molar-refractivity contribution in [2.24, 2.45) is 0 Å². The summed E-state index contributed by atoms with van der Waals surface area (Å²) in [5.74, 6) is -1.75. The van der Waals surface area contributed by atoms with Crippen LogP contribution in [-0.4, -0.2) is 41.5 Å². The molecular formula is C29H24N2O6S. The molecule has 4 aromatic rings. The van der Waals surface area contributed by atoms with Crippen molar-refractivity contribution in [2.75, 3.05) is 18.6 Å². The molecule has 0 aliphatic carbocycles. The van der Waals surface area contributed by atoms with Crippen molar-refractivity contribution in [3.63, 3.8) is 0 Å². The average molecular weight is 529 g/mol. The van der Waals surface area contributed by atoms with Crippen molar-refractivity contribution in [1.82, 2.24) is 4.98 Å². The number of Topliss-reactive ketones (excluding diaryl/α,β-unsaturated/α-hetero) is 1. The summed E-state index contributed by atoms with van der Waals surface area (Å²) >= 11 is 1.25. The number of aryl methyl sites for hydroxylation is 1. The van der Waals surface area contributed by atoms with Crippen molar-refractivity contribution < 1.29 is 29.0 Å². The number of rotatable bonds is 6. The van der Waals surface area contributed by atoms with Crippen LogP contribution in [0.1, 0.15) is 40.0 Å². The SMILES string of the molecule is CCOc1ccc2nc(N3C(=O)C(=O)/C(=C(/O)c4ccc(C)cc4)[C@@H]3c3ccc(C(=O)OC)cc3)sc2c1. The van der Waals surface area contributed by atoms with E-state index in [1.54, 1.807) is 48.5 Å². The lowest BCUT2D eigenvalue weighted by Crippen LogP contribution is -2.29. The predicted octanol–water partition coefficient (Wildman–Crippen LogP) is 5.42. The molecule has 0 spiro atoms. The van der Waals surface area contributed by atoms with Crippen molar-refractivity contribution in [3.8, 4) is 5.75 Å². The third-order valence-electron chi connectivity index (χ3n) is 6.28. The monoisotopic (exact) mass is 528 g/mol. The highest BCUT2D eigenvalue weighted by Crippen LogP contribution is 2.44. The lowest BCUT2D eigenvalue weighted by Gasteiger charge is -2.23. The van der Waals surface area contributed by atoms with Gasteiger partial charge in [-0.1, -0.05) is 53.3 Å². The molecule has 38 heavy (non-hydrogen) atoms. The van der Waals surface area contributed by atoms with Crippen molar-refractivity contribution in [2.45, 2.75) is 19.9 Å². The number of carbonyl (C=O) groups is 3. The number of carbonyl (C=O) groups excluding carboxylic acids is 3. The standard InChI is InChI=1S/C29H24N2O6S/c1-4-37-20-13-14-21-22(15-20)38-29(30-21)31-24(17-9-11-19(12-10-17)28(35)36-3)23(26(33)27(31)34)25(32)18-7-5-16(2)6-8-18/h5-15,24,32H,4H2,1-3H3/b25-23+/t24-/m0/s1. The third-order valence-corrected chi connectivity index (χ3v) is 7.30. The lowest BCUT2D eigenvalue weighted by atomic mass is 9.94. The Balaban J connectivity index is 1.68.